The SMILES string of the molecule is COCCN(Cc1ccncc1)C(=O)Nc1cccc(N2CCCC2)c1C. The van der Waals surface area contributed by atoms with E-state index >= 15 is 0 Å². The second kappa shape index (κ2) is 9.37. The summed E-state index contributed by atoms with van der Waals surface area (Å²) in [4.78, 5) is 21.1. The zero-order valence-electron chi connectivity index (χ0n) is 16.1. The molecule has 6 nitrogen and oxygen atoms in total. The third kappa shape index (κ3) is 4.98. The number of amides is 2. The number of pyridine rings is 1. The number of nitrogens with zero attached hydrogens (tertiary/aromatic N) is 3. The van der Waals surface area contributed by atoms with Gasteiger partial charge < -0.3 is 19.9 Å². The standard InChI is InChI=1S/C21H28N4O2/c1-17-19(6-5-7-20(17)24-12-3-4-13-24)23-21(26)25(14-15-27-2)16-18-8-10-22-11-9-18/h5-11H,3-4,12-16H2,1-2H3,(H,23,26). The van der Waals surface area contributed by atoms with E-state index in [0.29, 0.717) is 19.7 Å². The summed E-state index contributed by atoms with van der Waals surface area (Å²) < 4.78 is 5.18. The average Bonchev–Trinajstić information content (AvgIpc) is 3.22. The van der Waals surface area contributed by atoms with Crippen LogP contribution in [0, 0.1) is 6.92 Å². The van der Waals surface area contributed by atoms with Gasteiger partial charge in [-0.2, -0.15) is 0 Å². The summed E-state index contributed by atoms with van der Waals surface area (Å²) in [6, 6.07) is 9.84. The molecule has 144 valence electrons. The Bertz CT molecular complexity index is 745. The maximum Gasteiger partial charge on any atom is 0.322 e. The Hall–Kier alpha value is -2.60. The normalized spacial score (nSPS) is 13.6. The van der Waals surface area contributed by atoms with Crippen LogP contribution in [-0.2, 0) is 11.3 Å². The van der Waals surface area contributed by atoms with Gasteiger partial charge in [-0.1, -0.05) is 6.07 Å². The van der Waals surface area contributed by atoms with Crippen molar-refractivity contribution in [3.8, 4) is 0 Å². The maximum atomic E-state index is 12.9. The van der Waals surface area contributed by atoms with Gasteiger partial charge in [-0.25, -0.2) is 4.79 Å². The number of carbonyl (C=O) groups excluding carboxylic acids is 1. The lowest BCUT2D eigenvalue weighted by Gasteiger charge is -2.25. The minimum Gasteiger partial charge on any atom is -0.383 e. The lowest BCUT2D eigenvalue weighted by Crippen LogP contribution is -2.37. The van der Waals surface area contributed by atoms with E-state index in [1.54, 1.807) is 24.4 Å². The van der Waals surface area contributed by atoms with Crippen LogP contribution in [0.5, 0.6) is 0 Å². The first-order valence-corrected chi connectivity index (χ1v) is 9.47. The fourth-order valence-electron chi connectivity index (χ4n) is 3.42. The Morgan fingerprint density at radius 3 is 2.67 bits per heavy atom. The lowest BCUT2D eigenvalue weighted by atomic mass is 10.1. The summed E-state index contributed by atoms with van der Waals surface area (Å²) in [5, 5.41) is 3.09. The number of methoxy groups -OCH3 is 1. The largest absolute Gasteiger partial charge is 0.383 e. The van der Waals surface area contributed by atoms with E-state index in [1.165, 1.54) is 18.5 Å². The fraction of sp³-hybridized carbons (Fsp3) is 0.429. The molecule has 1 aliphatic heterocycles. The smallest absolute Gasteiger partial charge is 0.322 e. The van der Waals surface area contributed by atoms with Gasteiger partial charge in [-0.05, 0) is 55.2 Å². The first-order valence-electron chi connectivity index (χ1n) is 9.47. The molecule has 0 aliphatic carbocycles. The molecule has 2 amide bonds. The predicted octanol–water partition coefficient (Wildman–Crippen LogP) is 3.67. The van der Waals surface area contributed by atoms with Crippen LogP contribution in [0.25, 0.3) is 0 Å². The number of nitrogens with one attached hydrogen (secondary N) is 1. The molecule has 0 unspecified atom stereocenters. The predicted molar refractivity (Wildman–Crippen MR) is 108 cm³/mol. The second-order valence-electron chi connectivity index (χ2n) is 6.84. The number of ether oxygens (including phenoxy) is 1. The Labute approximate surface area is 161 Å². The minimum atomic E-state index is -0.120. The Morgan fingerprint density at radius 2 is 1.96 bits per heavy atom. The first-order chi connectivity index (χ1) is 13.2. The second-order valence-corrected chi connectivity index (χ2v) is 6.84. The van der Waals surface area contributed by atoms with Crippen LogP contribution in [0.3, 0.4) is 0 Å². The topological polar surface area (TPSA) is 57.7 Å². The Kier molecular flexibility index (Phi) is 6.65. The van der Waals surface area contributed by atoms with Crippen molar-refractivity contribution in [2.24, 2.45) is 0 Å². The van der Waals surface area contributed by atoms with Crippen molar-refractivity contribution in [1.29, 1.82) is 0 Å². The molecular formula is C21H28N4O2. The van der Waals surface area contributed by atoms with Gasteiger partial charge in [0, 0.05) is 57.1 Å². The van der Waals surface area contributed by atoms with E-state index in [4.69, 9.17) is 4.74 Å². The van der Waals surface area contributed by atoms with E-state index in [0.717, 1.165) is 29.9 Å². The van der Waals surface area contributed by atoms with Crippen molar-refractivity contribution in [2.45, 2.75) is 26.3 Å². The third-order valence-electron chi connectivity index (χ3n) is 4.97. The van der Waals surface area contributed by atoms with Crippen LogP contribution in [-0.4, -0.2) is 49.3 Å². The molecule has 1 saturated heterocycles. The fourth-order valence-corrected chi connectivity index (χ4v) is 3.42. The molecule has 1 N–H and O–H groups in total. The molecule has 6 heteroatoms. The highest BCUT2D eigenvalue weighted by Gasteiger charge is 2.18. The molecule has 27 heavy (non-hydrogen) atoms. The molecule has 1 aromatic carbocycles. The molecule has 0 bridgehead atoms. The van der Waals surface area contributed by atoms with Crippen LogP contribution in [0.4, 0.5) is 16.2 Å². The van der Waals surface area contributed by atoms with E-state index < -0.39 is 0 Å². The van der Waals surface area contributed by atoms with Crippen molar-refractivity contribution < 1.29 is 9.53 Å². The monoisotopic (exact) mass is 368 g/mol. The molecule has 0 atom stereocenters. The highest BCUT2D eigenvalue weighted by molar-refractivity contribution is 5.91. The molecule has 1 aliphatic rings. The molecule has 0 radical (unpaired) electrons. The Balaban J connectivity index is 1.73. The summed E-state index contributed by atoms with van der Waals surface area (Å²) >= 11 is 0. The maximum absolute atomic E-state index is 12.9. The van der Waals surface area contributed by atoms with Crippen molar-refractivity contribution in [3.63, 3.8) is 0 Å². The minimum absolute atomic E-state index is 0.120. The van der Waals surface area contributed by atoms with Crippen LogP contribution in [0.1, 0.15) is 24.0 Å². The van der Waals surface area contributed by atoms with Gasteiger partial charge in [0.2, 0.25) is 0 Å². The highest BCUT2D eigenvalue weighted by atomic mass is 16.5. The van der Waals surface area contributed by atoms with Gasteiger partial charge in [0.1, 0.15) is 0 Å². The van der Waals surface area contributed by atoms with E-state index in [-0.39, 0.29) is 6.03 Å². The summed E-state index contributed by atoms with van der Waals surface area (Å²) in [6.07, 6.45) is 5.94. The molecule has 2 aromatic rings. The third-order valence-corrected chi connectivity index (χ3v) is 4.97. The number of carbonyl (C=O) groups is 1. The van der Waals surface area contributed by atoms with Gasteiger partial charge >= 0.3 is 6.03 Å². The van der Waals surface area contributed by atoms with Crippen molar-refractivity contribution in [1.82, 2.24) is 9.88 Å². The summed E-state index contributed by atoms with van der Waals surface area (Å²) in [5.74, 6) is 0. The molecular weight excluding hydrogens is 340 g/mol. The first kappa shape index (κ1) is 19.2. The van der Waals surface area contributed by atoms with Gasteiger partial charge in [0.15, 0.2) is 0 Å². The summed E-state index contributed by atoms with van der Waals surface area (Å²) in [5.41, 5.74) is 4.23. The van der Waals surface area contributed by atoms with Crippen LogP contribution < -0.4 is 10.2 Å². The zero-order chi connectivity index (χ0) is 19.1. The van der Waals surface area contributed by atoms with Crippen LogP contribution in [0.15, 0.2) is 42.7 Å². The number of hydrogen-bond donors (Lipinski definition) is 1. The number of hydrogen-bond acceptors (Lipinski definition) is 4. The number of benzene rings is 1. The van der Waals surface area contributed by atoms with Gasteiger partial charge in [-0.3, -0.25) is 4.98 Å². The van der Waals surface area contributed by atoms with Crippen molar-refractivity contribution in [3.05, 3.63) is 53.9 Å². The molecule has 2 heterocycles. The average molecular weight is 368 g/mol. The molecule has 3 rings (SSSR count). The Morgan fingerprint density at radius 1 is 1.22 bits per heavy atom. The van der Waals surface area contributed by atoms with Crippen LogP contribution in [0.2, 0.25) is 0 Å². The van der Waals surface area contributed by atoms with E-state index in [2.05, 4.69) is 28.2 Å². The summed E-state index contributed by atoms with van der Waals surface area (Å²) in [7, 11) is 1.65. The molecule has 1 fully saturated rings. The lowest BCUT2D eigenvalue weighted by molar-refractivity contribution is 0.153. The van der Waals surface area contributed by atoms with Crippen molar-refractivity contribution >= 4 is 17.4 Å². The number of urea groups is 1. The van der Waals surface area contributed by atoms with E-state index in [1.807, 2.05) is 24.3 Å². The number of aromatic nitrogens is 1. The van der Waals surface area contributed by atoms with Crippen LogP contribution >= 0.6 is 0 Å². The molecule has 0 saturated carbocycles. The van der Waals surface area contributed by atoms with Gasteiger partial charge in [0.05, 0.1) is 6.61 Å². The number of anilines is 2. The molecule has 0 spiro atoms. The zero-order valence-corrected chi connectivity index (χ0v) is 16.1. The van der Waals surface area contributed by atoms with Gasteiger partial charge in [0.25, 0.3) is 0 Å². The molecule has 1 aromatic heterocycles. The summed E-state index contributed by atoms with van der Waals surface area (Å²) in [6.45, 7) is 5.77. The van der Waals surface area contributed by atoms with Gasteiger partial charge in [-0.15, -0.1) is 0 Å². The quantitative estimate of drug-likeness (QED) is 0.810. The van der Waals surface area contributed by atoms with Crippen molar-refractivity contribution in [2.75, 3.05) is 43.6 Å². The highest BCUT2D eigenvalue weighted by Crippen LogP contribution is 2.29. The number of rotatable bonds is 7. The van der Waals surface area contributed by atoms with E-state index in [9.17, 15) is 4.79 Å².